The molecule has 136 valence electrons. The van der Waals surface area contributed by atoms with Gasteiger partial charge >= 0.3 is 0 Å². The van der Waals surface area contributed by atoms with Crippen LogP contribution < -0.4 is 5.32 Å². The standard InChI is InChI=1S/C20H23N3O3/c1-14-8-9-18(26-14)15(2)21-19(24)10-11-20(25)23-13-12-17(22-23)16-6-4-3-5-7-16/h3-9,15H,10-13H2,1-2H3,(H,21,24). The fourth-order valence-corrected chi connectivity index (χ4v) is 2.89. The Morgan fingerprint density at radius 1 is 1.19 bits per heavy atom. The van der Waals surface area contributed by atoms with Crippen LogP contribution in [0.2, 0.25) is 0 Å². The monoisotopic (exact) mass is 353 g/mol. The van der Waals surface area contributed by atoms with Crippen LogP contribution in [0.25, 0.3) is 0 Å². The van der Waals surface area contributed by atoms with Crippen LogP contribution in [0.5, 0.6) is 0 Å². The summed E-state index contributed by atoms with van der Waals surface area (Å²) in [5.74, 6) is 1.20. The Morgan fingerprint density at radius 3 is 2.65 bits per heavy atom. The van der Waals surface area contributed by atoms with Crippen LogP contribution >= 0.6 is 0 Å². The first-order valence-electron chi connectivity index (χ1n) is 8.82. The summed E-state index contributed by atoms with van der Waals surface area (Å²) in [6.07, 6.45) is 1.01. The molecule has 1 aromatic heterocycles. The summed E-state index contributed by atoms with van der Waals surface area (Å²) in [5, 5.41) is 8.72. The van der Waals surface area contributed by atoms with Crippen molar-refractivity contribution in [3.63, 3.8) is 0 Å². The zero-order valence-corrected chi connectivity index (χ0v) is 15.1. The second-order valence-electron chi connectivity index (χ2n) is 6.42. The maximum Gasteiger partial charge on any atom is 0.243 e. The van der Waals surface area contributed by atoms with Crippen LogP contribution in [0.3, 0.4) is 0 Å². The number of hydrogen-bond donors (Lipinski definition) is 1. The van der Waals surface area contributed by atoms with Gasteiger partial charge < -0.3 is 9.73 Å². The molecule has 0 saturated carbocycles. The van der Waals surface area contributed by atoms with Crippen molar-refractivity contribution in [1.29, 1.82) is 0 Å². The molecule has 2 heterocycles. The van der Waals surface area contributed by atoms with Gasteiger partial charge in [0, 0.05) is 19.3 Å². The van der Waals surface area contributed by atoms with Gasteiger partial charge in [-0.1, -0.05) is 30.3 Å². The molecule has 26 heavy (non-hydrogen) atoms. The molecule has 2 aromatic rings. The van der Waals surface area contributed by atoms with Crippen LogP contribution in [-0.4, -0.2) is 29.1 Å². The van der Waals surface area contributed by atoms with E-state index >= 15 is 0 Å². The number of amides is 2. The second kappa shape index (κ2) is 7.99. The Balaban J connectivity index is 1.48. The van der Waals surface area contributed by atoms with Crippen molar-refractivity contribution in [3.8, 4) is 0 Å². The van der Waals surface area contributed by atoms with E-state index in [1.165, 1.54) is 5.01 Å². The molecule has 6 nitrogen and oxygen atoms in total. The lowest BCUT2D eigenvalue weighted by atomic mass is 10.1. The highest BCUT2D eigenvalue weighted by atomic mass is 16.3. The van der Waals surface area contributed by atoms with Crippen LogP contribution in [0.15, 0.2) is 52.0 Å². The zero-order chi connectivity index (χ0) is 18.5. The van der Waals surface area contributed by atoms with Crippen LogP contribution in [0.1, 0.15) is 49.3 Å². The normalized spacial score (nSPS) is 14.8. The Bertz CT molecular complexity index is 811. The van der Waals surface area contributed by atoms with Crippen molar-refractivity contribution < 1.29 is 14.0 Å². The van der Waals surface area contributed by atoms with Gasteiger partial charge in [0.25, 0.3) is 0 Å². The van der Waals surface area contributed by atoms with E-state index in [9.17, 15) is 9.59 Å². The third-order valence-electron chi connectivity index (χ3n) is 4.33. The van der Waals surface area contributed by atoms with E-state index < -0.39 is 0 Å². The molecule has 1 unspecified atom stereocenters. The molecule has 0 fully saturated rings. The van der Waals surface area contributed by atoms with Gasteiger partial charge in [-0.2, -0.15) is 5.10 Å². The molecule has 6 heteroatoms. The quantitative estimate of drug-likeness (QED) is 0.867. The smallest absolute Gasteiger partial charge is 0.243 e. The minimum absolute atomic E-state index is 0.132. The van der Waals surface area contributed by atoms with Gasteiger partial charge in [0.2, 0.25) is 11.8 Å². The zero-order valence-electron chi connectivity index (χ0n) is 15.1. The first-order valence-corrected chi connectivity index (χ1v) is 8.82. The van der Waals surface area contributed by atoms with Crippen LogP contribution in [0.4, 0.5) is 0 Å². The molecule has 1 aromatic carbocycles. The van der Waals surface area contributed by atoms with E-state index in [4.69, 9.17) is 4.42 Å². The number of carbonyl (C=O) groups excluding carboxylic acids is 2. The van der Waals surface area contributed by atoms with Crippen molar-refractivity contribution in [2.24, 2.45) is 5.10 Å². The molecule has 1 aliphatic rings. The molecule has 1 aliphatic heterocycles. The topological polar surface area (TPSA) is 74.9 Å². The third kappa shape index (κ3) is 4.39. The number of nitrogens with zero attached hydrogens (tertiary/aromatic N) is 2. The van der Waals surface area contributed by atoms with Gasteiger partial charge in [-0.05, 0) is 31.5 Å². The van der Waals surface area contributed by atoms with Crippen molar-refractivity contribution in [3.05, 3.63) is 59.5 Å². The Morgan fingerprint density at radius 2 is 1.96 bits per heavy atom. The highest BCUT2D eigenvalue weighted by Crippen LogP contribution is 2.17. The lowest BCUT2D eigenvalue weighted by molar-refractivity contribution is -0.133. The highest BCUT2D eigenvalue weighted by molar-refractivity contribution is 6.02. The summed E-state index contributed by atoms with van der Waals surface area (Å²) in [5.41, 5.74) is 1.94. The Kier molecular flexibility index (Phi) is 5.51. The summed E-state index contributed by atoms with van der Waals surface area (Å²) < 4.78 is 5.50. The van der Waals surface area contributed by atoms with Crippen LogP contribution in [0, 0.1) is 6.92 Å². The predicted molar refractivity (Wildman–Crippen MR) is 98.5 cm³/mol. The van der Waals surface area contributed by atoms with E-state index in [2.05, 4.69) is 10.4 Å². The molecule has 0 aliphatic carbocycles. The number of benzene rings is 1. The molecule has 0 spiro atoms. The van der Waals surface area contributed by atoms with Crippen molar-refractivity contribution in [1.82, 2.24) is 10.3 Å². The maximum atomic E-state index is 12.3. The molecule has 2 amide bonds. The van der Waals surface area contributed by atoms with Crippen LogP contribution in [-0.2, 0) is 9.59 Å². The first-order chi connectivity index (χ1) is 12.5. The summed E-state index contributed by atoms with van der Waals surface area (Å²) in [4.78, 5) is 24.4. The molecule has 0 bridgehead atoms. The van der Waals surface area contributed by atoms with E-state index in [1.807, 2.05) is 56.3 Å². The Labute approximate surface area is 152 Å². The summed E-state index contributed by atoms with van der Waals surface area (Å²) >= 11 is 0. The minimum Gasteiger partial charge on any atom is -0.464 e. The molecule has 0 saturated heterocycles. The van der Waals surface area contributed by atoms with Crippen molar-refractivity contribution >= 4 is 17.5 Å². The van der Waals surface area contributed by atoms with Crippen molar-refractivity contribution in [2.75, 3.05) is 6.54 Å². The molecular weight excluding hydrogens is 330 g/mol. The molecule has 0 radical (unpaired) electrons. The summed E-state index contributed by atoms with van der Waals surface area (Å²) in [6.45, 7) is 4.28. The third-order valence-corrected chi connectivity index (χ3v) is 4.33. The number of rotatable bonds is 6. The SMILES string of the molecule is Cc1ccc(C(C)NC(=O)CCC(=O)N2CCC(c3ccccc3)=N2)o1. The highest BCUT2D eigenvalue weighted by Gasteiger charge is 2.22. The second-order valence-corrected chi connectivity index (χ2v) is 6.42. The van der Waals surface area contributed by atoms with E-state index in [0.717, 1.165) is 23.5 Å². The van der Waals surface area contributed by atoms with Crippen molar-refractivity contribution in [2.45, 2.75) is 39.2 Å². The summed E-state index contributed by atoms with van der Waals surface area (Å²) in [6, 6.07) is 13.3. The maximum absolute atomic E-state index is 12.3. The van der Waals surface area contributed by atoms with E-state index in [-0.39, 0.29) is 30.7 Å². The number of aryl methyl sites for hydroxylation is 1. The molecule has 1 N–H and O–H groups in total. The fraction of sp³-hybridized carbons (Fsp3) is 0.350. The fourth-order valence-electron chi connectivity index (χ4n) is 2.89. The first kappa shape index (κ1) is 17.9. The number of hydrogen-bond acceptors (Lipinski definition) is 4. The largest absolute Gasteiger partial charge is 0.464 e. The Hall–Kier alpha value is -2.89. The van der Waals surface area contributed by atoms with Gasteiger partial charge in [0.15, 0.2) is 0 Å². The summed E-state index contributed by atoms with van der Waals surface area (Å²) in [7, 11) is 0. The van der Waals surface area contributed by atoms with Gasteiger partial charge in [0.1, 0.15) is 11.5 Å². The lowest BCUT2D eigenvalue weighted by Gasteiger charge is -2.13. The molecule has 3 rings (SSSR count). The minimum atomic E-state index is -0.221. The average molecular weight is 353 g/mol. The molecular formula is C20H23N3O3. The number of carbonyl (C=O) groups is 2. The predicted octanol–water partition coefficient (Wildman–Crippen LogP) is 3.18. The van der Waals surface area contributed by atoms with Gasteiger partial charge in [0.05, 0.1) is 18.3 Å². The lowest BCUT2D eigenvalue weighted by Crippen LogP contribution is -2.29. The van der Waals surface area contributed by atoms with E-state index in [0.29, 0.717) is 12.3 Å². The number of nitrogens with one attached hydrogen (secondary N) is 1. The molecule has 1 atom stereocenters. The average Bonchev–Trinajstić information content (AvgIpc) is 3.30. The van der Waals surface area contributed by atoms with Gasteiger partial charge in [-0.25, -0.2) is 5.01 Å². The van der Waals surface area contributed by atoms with E-state index in [1.54, 1.807) is 0 Å². The number of furan rings is 1. The van der Waals surface area contributed by atoms with Gasteiger partial charge in [-0.15, -0.1) is 0 Å². The number of hydrazone groups is 1. The van der Waals surface area contributed by atoms with Gasteiger partial charge in [-0.3, -0.25) is 9.59 Å².